The van der Waals surface area contributed by atoms with Gasteiger partial charge in [0.1, 0.15) is 13.2 Å². The third-order valence-corrected chi connectivity index (χ3v) is 5.58. The van der Waals surface area contributed by atoms with Crippen molar-refractivity contribution in [1.29, 1.82) is 0 Å². The van der Waals surface area contributed by atoms with Crippen molar-refractivity contribution in [1.82, 2.24) is 19.7 Å². The lowest BCUT2D eigenvalue weighted by Gasteiger charge is -2.26. The minimum atomic E-state index is -0.0329. The van der Waals surface area contributed by atoms with E-state index in [9.17, 15) is 4.79 Å². The summed E-state index contributed by atoms with van der Waals surface area (Å²) < 4.78 is 13.4. The fourth-order valence-corrected chi connectivity index (χ4v) is 3.85. The quantitative estimate of drug-likeness (QED) is 0.582. The second-order valence-corrected chi connectivity index (χ2v) is 8.43. The average Bonchev–Trinajstić information content (AvgIpc) is 3.20. The molecule has 0 aliphatic carbocycles. The molecule has 4 rings (SSSR count). The van der Waals surface area contributed by atoms with Crippen LogP contribution >= 0.6 is 0 Å². The van der Waals surface area contributed by atoms with Crippen LogP contribution in [0.1, 0.15) is 68.2 Å². The molecular weight excluding hydrogens is 392 g/mol. The number of hydrogen-bond acceptors (Lipinski definition) is 5. The van der Waals surface area contributed by atoms with Crippen molar-refractivity contribution >= 4 is 16.9 Å². The largest absolute Gasteiger partial charge is 0.486 e. The van der Waals surface area contributed by atoms with E-state index >= 15 is 0 Å². The van der Waals surface area contributed by atoms with E-state index in [4.69, 9.17) is 14.5 Å². The number of fused-ring (bicyclic) bond motifs is 2. The molecule has 0 unspecified atom stereocenters. The molecule has 3 heterocycles. The monoisotopic (exact) mass is 422 g/mol. The third kappa shape index (κ3) is 3.96. The molecule has 164 valence electrons. The van der Waals surface area contributed by atoms with E-state index in [0.717, 1.165) is 33.8 Å². The van der Waals surface area contributed by atoms with E-state index in [1.807, 2.05) is 40.8 Å². The maximum atomic E-state index is 13.7. The number of pyridine rings is 1. The van der Waals surface area contributed by atoms with E-state index in [0.29, 0.717) is 31.9 Å². The first-order valence-corrected chi connectivity index (χ1v) is 11.0. The van der Waals surface area contributed by atoms with E-state index in [-0.39, 0.29) is 17.9 Å². The highest BCUT2D eigenvalue weighted by Crippen LogP contribution is 2.35. The van der Waals surface area contributed by atoms with Gasteiger partial charge in [-0.25, -0.2) is 9.67 Å². The van der Waals surface area contributed by atoms with E-state index in [1.54, 1.807) is 6.20 Å². The topological polar surface area (TPSA) is 69.5 Å². The first-order chi connectivity index (χ1) is 14.9. The summed E-state index contributed by atoms with van der Waals surface area (Å²) in [7, 11) is 0. The minimum absolute atomic E-state index is 0.0329. The number of amides is 1. The second-order valence-electron chi connectivity index (χ2n) is 8.43. The van der Waals surface area contributed by atoms with Gasteiger partial charge in [0.25, 0.3) is 5.91 Å². The number of aromatic nitrogens is 3. The number of rotatable bonds is 6. The summed E-state index contributed by atoms with van der Waals surface area (Å²) in [6.07, 6.45) is 1.76. The molecule has 2 aromatic heterocycles. The van der Waals surface area contributed by atoms with Crippen LogP contribution in [0, 0.1) is 0 Å². The number of nitrogens with zero attached hydrogens (tertiary/aromatic N) is 4. The van der Waals surface area contributed by atoms with Crippen LogP contribution in [-0.2, 0) is 6.54 Å². The summed E-state index contributed by atoms with van der Waals surface area (Å²) in [6, 6.07) is 7.91. The molecular formula is C24H30N4O3. The van der Waals surface area contributed by atoms with Crippen LogP contribution in [0.25, 0.3) is 11.0 Å². The molecule has 1 aliphatic heterocycles. The Morgan fingerprint density at radius 1 is 1.19 bits per heavy atom. The van der Waals surface area contributed by atoms with E-state index in [2.05, 4.69) is 32.8 Å². The Morgan fingerprint density at radius 2 is 1.97 bits per heavy atom. The van der Waals surface area contributed by atoms with Gasteiger partial charge in [0.05, 0.1) is 17.1 Å². The molecule has 3 aromatic rings. The molecule has 0 saturated heterocycles. The van der Waals surface area contributed by atoms with Crippen molar-refractivity contribution in [2.24, 2.45) is 0 Å². The van der Waals surface area contributed by atoms with Gasteiger partial charge in [-0.1, -0.05) is 26.0 Å². The first-order valence-electron chi connectivity index (χ1n) is 11.0. The summed E-state index contributed by atoms with van der Waals surface area (Å²) in [4.78, 5) is 20.4. The van der Waals surface area contributed by atoms with Crippen LogP contribution in [0.5, 0.6) is 11.5 Å². The molecule has 1 amide bonds. The van der Waals surface area contributed by atoms with Gasteiger partial charge in [0.2, 0.25) is 0 Å². The summed E-state index contributed by atoms with van der Waals surface area (Å²) in [5.74, 6) is 1.64. The fraction of sp³-hybridized carbons (Fsp3) is 0.458. The van der Waals surface area contributed by atoms with Gasteiger partial charge in [-0.05, 0) is 38.8 Å². The number of carbonyl (C=O) groups excluding carboxylic acids is 1. The summed E-state index contributed by atoms with van der Waals surface area (Å²) >= 11 is 0. The second kappa shape index (κ2) is 8.57. The Morgan fingerprint density at radius 3 is 2.68 bits per heavy atom. The normalized spacial score (nSPS) is 13.3. The van der Waals surface area contributed by atoms with Crippen LogP contribution in [-0.4, -0.2) is 45.3 Å². The van der Waals surface area contributed by atoms with Gasteiger partial charge in [-0.3, -0.25) is 4.79 Å². The number of hydrogen-bond donors (Lipinski definition) is 0. The Bertz CT molecular complexity index is 1100. The Hall–Kier alpha value is -3.09. The lowest BCUT2D eigenvalue weighted by atomic mass is 10.0. The summed E-state index contributed by atoms with van der Waals surface area (Å²) in [6.45, 7) is 12.4. The molecule has 0 fully saturated rings. The van der Waals surface area contributed by atoms with Crippen molar-refractivity contribution in [3.8, 4) is 11.5 Å². The van der Waals surface area contributed by atoms with E-state index < -0.39 is 0 Å². The molecule has 0 spiro atoms. The molecule has 0 radical (unpaired) electrons. The zero-order valence-electron chi connectivity index (χ0n) is 18.9. The van der Waals surface area contributed by atoms with Crippen LogP contribution in [0.3, 0.4) is 0 Å². The molecule has 0 N–H and O–H groups in total. The summed E-state index contributed by atoms with van der Waals surface area (Å²) in [5, 5.41) is 5.30. The standard InChI is InChI=1S/C24H30N4O3/c1-6-27(14-17-8-7-9-21-22(17)31-11-10-30-21)24(29)18-12-20(15(2)3)26-23-19(18)13-25-28(23)16(4)5/h7-9,12-13,15-16H,6,10-11,14H2,1-5H3. The van der Waals surface area contributed by atoms with Crippen molar-refractivity contribution < 1.29 is 14.3 Å². The van der Waals surface area contributed by atoms with Crippen molar-refractivity contribution in [3.63, 3.8) is 0 Å². The number of ether oxygens (including phenoxy) is 2. The smallest absolute Gasteiger partial charge is 0.255 e. The molecule has 7 heteroatoms. The lowest BCUT2D eigenvalue weighted by Crippen LogP contribution is -2.31. The molecule has 1 aliphatic rings. The molecule has 1 aromatic carbocycles. The maximum absolute atomic E-state index is 13.7. The Balaban J connectivity index is 1.74. The Kier molecular flexibility index (Phi) is 5.85. The molecule has 7 nitrogen and oxygen atoms in total. The highest BCUT2D eigenvalue weighted by molar-refractivity contribution is 6.05. The third-order valence-electron chi connectivity index (χ3n) is 5.58. The lowest BCUT2D eigenvalue weighted by molar-refractivity contribution is 0.0751. The van der Waals surface area contributed by atoms with Gasteiger partial charge in [-0.2, -0.15) is 5.10 Å². The van der Waals surface area contributed by atoms with Gasteiger partial charge in [0.15, 0.2) is 17.1 Å². The van der Waals surface area contributed by atoms with E-state index in [1.165, 1.54) is 0 Å². The molecule has 31 heavy (non-hydrogen) atoms. The zero-order chi connectivity index (χ0) is 22.1. The van der Waals surface area contributed by atoms with Crippen LogP contribution < -0.4 is 9.47 Å². The summed E-state index contributed by atoms with van der Waals surface area (Å²) in [5.41, 5.74) is 3.24. The molecule has 0 bridgehead atoms. The van der Waals surface area contributed by atoms with Gasteiger partial charge in [-0.15, -0.1) is 0 Å². The predicted molar refractivity (Wildman–Crippen MR) is 120 cm³/mol. The zero-order valence-corrected chi connectivity index (χ0v) is 18.9. The fourth-order valence-electron chi connectivity index (χ4n) is 3.85. The van der Waals surface area contributed by atoms with Crippen LogP contribution in [0.2, 0.25) is 0 Å². The minimum Gasteiger partial charge on any atom is -0.486 e. The highest BCUT2D eigenvalue weighted by Gasteiger charge is 2.24. The van der Waals surface area contributed by atoms with Crippen LogP contribution in [0.4, 0.5) is 0 Å². The van der Waals surface area contributed by atoms with Crippen molar-refractivity contribution in [2.45, 2.75) is 53.1 Å². The first kappa shape index (κ1) is 21.2. The highest BCUT2D eigenvalue weighted by atomic mass is 16.6. The molecule has 0 atom stereocenters. The van der Waals surface area contributed by atoms with Gasteiger partial charge in [0, 0.05) is 30.4 Å². The van der Waals surface area contributed by atoms with Crippen molar-refractivity contribution in [3.05, 3.63) is 47.3 Å². The number of para-hydroxylation sites is 1. The predicted octanol–water partition coefficient (Wildman–Crippen LogP) is 4.57. The average molecular weight is 423 g/mol. The Labute approximate surface area is 183 Å². The van der Waals surface area contributed by atoms with Gasteiger partial charge < -0.3 is 14.4 Å². The maximum Gasteiger partial charge on any atom is 0.255 e. The molecule has 0 saturated carbocycles. The SMILES string of the molecule is CCN(Cc1cccc2c1OCCO2)C(=O)c1cc(C(C)C)nc2c1cnn2C(C)C. The number of carbonyl (C=O) groups is 1. The van der Waals surface area contributed by atoms with Crippen molar-refractivity contribution in [2.75, 3.05) is 19.8 Å². The number of benzene rings is 1. The van der Waals surface area contributed by atoms with Crippen LogP contribution in [0.15, 0.2) is 30.5 Å². The van der Waals surface area contributed by atoms with Gasteiger partial charge >= 0.3 is 0 Å².